The summed E-state index contributed by atoms with van der Waals surface area (Å²) in [6.45, 7) is 5.41. The van der Waals surface area contributed by atoms with Crippen molar-refractivity contribution in [3.8, 4) is 6.07 Å². The van der Waals surface area contributed by atoms with E-state index in [0.717, 1.165) is 17.8 Å². The van der Waals surface area contributed by atoms with Crippen molar-refractivity contribution in [3.63, 3.8) is 0 Å². The van der Waals surface area contributed by atoms with E-state index < -0.39 is 0 Å². The lowest BCUT2D eigenvalue weighted by molar-refractivity contribution is 0.282. The molecule has 0 heterocycles. The summed E-state index contributed by atoms with van der Waals surface area (Å²) < 4.78 is 0. The first kappa shape index (κ1) is 14.9. The van der Waals surface area contributed by atoms with Gasteiger partial charge in [0.15, 0.2) is 0 Å². The molecule has 1 aromatic carbocycles. The highest BCUT2D eigenvalue weighted by atomic mass is 16.3. The Kier molecular flexibility index (Phi) is 5.03. The summed E-state index contributed by atoms with van der Waals surface area (Å²) in [4.78, 5) is 2.41. The molecule has 0 unspecified atom stereocenters. The highest BCUT2D eigenvalue weighted by molar-refractivity contribution is 5.61. The Morgan fingerprint density at radius 1 is 1.35 bits per heavy atom. The third-order valence-corrected chi connectivity index (χ3v) is 4.00. The molecule has 1 saturated carbocycles. The van der Waals surface area contributed by atoms with Gasteiger partial charge in [0.2, 0.25) is 0 Å². The van der Waals surface area contributed by atoms with Crippen molar-refractivity contribution in [3.05, 3.63) is 29.3 Å². The van der Waals surface area contributed by atoms with Crippen LogP contribution in [0.5, 0.6) is 0 Å². The minimum Gasteiger partial charge on any atom is -0.392 e. The predicted octanol–water partition coefficient (Wildman–Crippen LogP) is 3.46. The second kappa shape index (κ2) is 6.76. The summed E-state index contributed by atoms with van der Waals surface area (Å²) in [6, 6.07) is 8.61. The van der Waals surface area contributed by atoms with Crippen LogP contribution >= 0.6 is 0 Å². The SMILES string of the molecule is CC(C)CN(c1ccc(CO)cc1C#N)C1CCCC1. The van der Waals surface area contributed by atoms with Gasteiger partial charge in [-0.05, 0) is 36.5 Å². The summed E-state index contributed by atoms with van der Waals surface area (Å²) in [5, 5.41) is 18.6. The molecule has 3 heteroatoms. The number of anilines is 1. The number of nitrogens with zero attached hydrogens (tertiary/aromatic N) is 2. The molecule has 0 amide bonds. The number of hydrogen-bond acceptors (Lipinski definition) is 3. The highest BCUT2D eigenvalue weighted by Gasteiger charge is 2.25. The molecule has 20 heavy (non-hydrogen) atoms. The van der Waals surface area contributed by atoms with E-state index in [1.807, 2.05) is 18.2 Å². The van der Waals surface area contributed by atoms with E-state index in [2.05, 4.69) is 24.8 Å². The average Bonchev–Trinajstić information content (AvgIpc) is 2.98. The molecular weight excluding hydrogens is 248 g/mol. The van der Waals surface area contributed by atoms with E-state index >= 15 is 0 Å². The Morgan fingerprint density at radius 3 is 2.60 bits per heavy atom. The van der Waals surface area contributed by atoms with Crippen LogP contribution in [0, 0.1) is 17.2 Å². The van der Waals surface area contributed by atoms with Crippen LogP contribution in [-0.2, 0) is 6.61 Å². The molecule has 3 nitrogen and oxygen atoms in total. The lowest BCUT2D eigenvalue weighted by Gasteiger charge is -2.33. The zero-order valence-electron chi connectivity index (χ0n) is 12.5. The molecule has 1 aromatic rings. The summed E-state index contributed by atoms with van der Waals surface area (Å²) in [7, 11) is 0. The highest BCUT2D eigenvalue weighted by Crippen LogP contribution is 2.31. The molecule has 2 rings (SSSR count). The van der Waals surface area contributed by atoms with Crippen LogP contribution in [0.3, 0.4) is 0 Å². The van der Waals surface area contributed by atoms with Gasteiger partial charge in [-0.3, -0.25) is 0 Å². The lowest BCUT2D eigenvalue weighted by atomic mass is 10.0. The van der Waals surface area contributed by atoms with Crippen LogP contribution in [0.2, 0.25) is 0 Å². The van der Waals surface area contributed by atoms with Crippen molar-refractivity contribution in [2.24, 2.45) is 5.92 Å². The average molecular weight is 272 g/mol. The first-order valence-electron chi connectivity index (χ1n) is 7.56. The summed E-state index contributed by atoms with van der Waals surface area (Å²) >= 11 is 0. The first-order chi connectivity index (χ1) is 9.65. The van der Waals surface area contributed by atoms with Gasteiger partial charge in [0.05, 0.1) is 17.9 Å². The number of hydrogen-bond donors (Lipinski definition) is 1. The van der Waals surface area contributed by atoms with Crippen LogP contribution in [0.4, 0.5) is 5.69 Å². The van der Waals surface area contributed by atoms with Crippen molar-refractivity contribution in [2.45, 2.75) is 52.2 Å². The summed E-state index contributed by atoms with van der Waals surface area (Å²) in [5.41, 5.74) is 2.52. The second-order valence-electron chi connectivity index (χ2n) is 6.11. The normalized spacial score (nSPS) is 15.6. The summed E-state index contributed by atoms with van der Waals surface area (Å²) in [6.07, 6.45) is 5.02. The van der Waals surface area contributed by atoms with Crippen molar-refractivity contribution in [1.82, 2.24) is 0 Å². The first-order valence-corrected chi connectivity index (χ1v) is 7.56. The Morgan fingerprint density at radius 2 is 2.05 bits per heavy atom. The van der Waals surface area contributed by atoms with E-state index in [9.17, 15) is 10.4 Å². The molecule has 1 fully saturated rings. The number of aliphatic hydroxyl groups excluding tert-OH is 1. The standard InChI is InChI=1S/C17H24N2O/c1-13(2)11-19(16-5-3-4-6-16)17-8-7-14(12-20)9-15(17)10-18/h7-9,13,16,20H,3-6,11-12H2,1-2H3. The van der Waals surface area contributed by atoms with Gasteiger partial charge in [-0.15, -0.1) is 0 Å². The quantitative estimate of drug-likeness (QED) is 0.893. The molecule has 0 saturated heterocycles. The maximum atomic E-state index is 9.41. The van der Waals surface area contributed by atoms with E-state index in [0.29, 0.717) is 17.5 Å². The molecule has 0 radical (unpaired) electrons. The zero-order chi connectivity index (χ0) is 14.5. The fourth-order valence-electron chi connectivity index (χ4n) is 3.07. The maximum absolute atomic E-state index is 9.41. The van der Waals surface area contributed by atoms with Crippen molar-refractivity contribution >= 4 is 5.69 Å². The van der Waals surface area contributed by atoms with Gasteiger partial charge in [0.1, 0.15) is 6.07 Å². The fraction of sp³-hybridized carbons (Fsp3) is 0.588. The molecule has 0 bridgehead atoms. The second-order valence-corrected chi connectivity index (χ2v) is 6.11. The fourth-order valence-corrected chi connectivity index (χ4v) is 3.07. The third-order valence-electron chi connectivity index (χ3n) is 4.00. The number of benzene rings is 1. The van der Waals surface area contributed by atoms with Gasteiger partial charge >= 0.3 is 0 Å². The molecular formula is C17H24N2O. The van der Waals surface area contributed by atoms with E-state index in [1.54, 1.807) is 0 Å². The zero-order valence-corrected chi connectivity index (χ0v) is 12.5. The molecule has 0 spiro atoms. The van der Waals surface area contributed by atoms with Gasteiger partial charge in [0.25, 0.3) is 0 Å². The van der Waals surface area contributed by atoms with Gasteiger partial charge in [-0.25, -0.2) is 0 Å². The lowest BCUT2D eigenvalue weighted by Crippen LogP contribution is -2.36. The van der Waals surface area contributed by atoms with Crippen LogP contribution in [-0.4, -0.2) is 17.7 Å². The van der Waals surface area contributed by atoms with Gasteiger partial charge < -0.3 is 10.0 Å². The third kappa shape index (κ3) is 3.32. The van der Waals surface area contributed by atoms with E-state index in [4.69, 9.17) is 0 Å². The van der Waals surface area contributed by atoms with E-state index in [-0.39, 0.29) is 6.61 Å². The van der Waals surface area contributed by atoms with Gasteiger partial charge in [0, 0.05) is 12.6 Å². The van der Waals surface area contributed by atoms with Crippen LogP contribution < -0.4 is 4.90 Å². The molecule has 1 aliphatic carbocycles. The monoisotopic (exact) mass is 272 g/mol. The predicted molar refractivity (Wildman–Crippen MR) is 81.5 cm³/mol. The number of aliphatic hydroxyl groups is 1. The Labute approximate surface area is 121 Å². The molecule has 0 atom stereocenters. The van der Waals surface area contributed by atoms with Gasteiger partial charge in [-0.2, -0.15) is 5.26 Å². The van der Waals surface area contributed by atoms with Crippen LogP contribution in [0.1, 0.15) is 50.7 Å². The Bertz CT molecular complexity index is 484. The van der Waals surface area contributed by atoms with Crippen molar-refractivity contribution in [2.75, 3.05) is 11.4 Å². The number of rotatable bonds is 5. The Hall–Kier alpha value is -1.53. The Balaban J connectivity index is 2.34. The van der Waals surface area contributed by atoms with Crippen LogP contribution in [0.25, 0.3) is 0 Å². The van der Waals surface area contributed by atoms with Crippen LogP contribution in [0.15, 0.2) is 18.2 Å². The maximum Gasteiger partial charge on any atom is 0.101 e. The topological polar surface area (TPSA) is 47.3 Å². The van der Waals surface area contributed by atoms with E-state index in [1.165, 1.54) is 25.7 Å². The molecule has 1 aliphatic rings. The van der Waals surface area contributed by atoms with Gasteiger partial charge in [-0.1, -0.05) is 32.8 Å². The molecule has 1 N–H and O–H groups in total. The minimum absolute atomic E-state index is 0.0113. The molecule has 0 aliphatic heterocycles. The minimum atomic E-state index is -0.0113. The molecule has 108 valence electrons. The van der Waals surface area contributed by atoms with Crippen molar-refractivity contribution < 1.29 is 5.11 Å². The number of nitriles is 1. The van der Waals surface area contributed by atoms with Crippen molar-refractivity contribution in [1.29, 1.82) is 5.26 Å². The largest absolute Gasteiger partial charge is 0.392 e. The molecule has 0 aromatic heterocycles. The smallest absolute Gasteiger partial charge is 0.101 e. The summed E-state index contributed by atoms with van der Waals surface area (Å²) in [5.74, 6) is 0.569.